The van der Waals surface area contributed by atoms with E-state index in [1.165, 1.54) is 11.1 Å². The normalized spacial score (nSPS) is 11.4. The van der Waals surface area contributed by atoms with Gasteiger partial charge in [0.1, 0.15) is 18.2 Å². The van der Waals surface area contributed by atoms with Crippen molar-refractivity contribution < 1.29 is 8.98 Å². The highest BCUT2D eigenvalue weighted by Gasteiger charge is 2.18. The summed E-state index contributed by atoms with van der Waals surface area (Å²) < 4.78 is 8.25. The summed E-state index contributed by atoms with van der Waals surface area (Å²) in [5.74, 6) is 0.369. The molecule has 4 rings (SSSR count). The van der Waals surface area contributed by atoms with Crippen LogP contribution in [-0.2, 0) is 7.05 Å². The third-order valence-electron chi connectivity index (χ3n) is 5.04. The molecule has 0 saturated heterocycles. The molecule has 2 aromatic heterocycles. The van der Waals surface area contributed by atoms with E-state index < -0.39 is 0 Å². The van der Waals surface area contributed by atoms with Gasteiger partial charge in [-0.1, -0.05) is 19.4 Å². The van der Waals surface area contributed by atoms with E-state index in [0.717, 1.165) is 27.6 Å². The molecule has 26 heavy (non-hydrogen) atoms. The van der Waals surface area contributed by atoms with Crippen molar-refractivity contribution in [2.24, 2.45) is 7.05 Å². The largest absolute Gasteiger partial charge is 0.467 e. The standard InChI is InChI=1S/C23H21N2O/c1-14(2)16-11-19-18-10-15(3)17(21-8-6-7-9-25(21)5)13-22(18)26-23(19)20(12-16)24-4/h6-14H,1-3,5H3/q+1. The molecule has 0 unspecified atom stereocenters. The van der Waals surface area contributed by atoms with E-state index in [1.807, 2.05) is 31.4 Å². The lowest BCUT2D eigenvalue weighted by atomic mass is 9.97. The zero-order valence-electron chi connectivity index (χ0n) is 15.5. The molecule has 3 nitrogen and oxygen atoms in total. The minimum Gasteiger partial charge on any atom is -0.467 e. The highest BCUT2D eigenvalue weighted by Crippen LogP contribution is 2.39. The van der Waals surface area contributed by atoms with Crippen molar-refractivity contribution in [2.75, 3.05) is 0 Å². The van der Waals surface area contributed by atoms with Crippen molar-refractivity contribution in [1.29, 1.82) is 0 Å². The Bertz CT molecular complexity index is 1190. The molecule has 0 amide bonds. The van der Waals surface area contributed by atoms with Gasteiger partial charge >= 0.3 is 0 Å². The lowest BCUT2D eigenvalue weighted by Gasteiger charge is -2.06. The number of rotatable bonds is 2. The Balaban J connectivity index is 2.06. The molecule has 0 atom stereocenters. The molecule has 0 aliphatic carbocycles. The van der Waals surface area contributed by atoms with Crippen LogP contribution in [0.3, 0.4) is 0 Å². The van der Waals surface area contributed by atoms with Crippen LogP contribution in [0.15, 0.2) is 53.1 Å². The molecular formula is C23H21N2O+. The number of aryl methyl sites for hydroxylation is 2. The maximum absolute atomic E-state index is 7.55. The molecule has 0 radical (unpaired) electrons. The van der Waals surface area contributed by atoms with Gasteiger partial charge < -0.3 is 4.42 Å². The van der Waals surface area contributed by atoms with Gasteiger partial charge in [-0.3, -0.25) is 0 Å². The van der Waals surface area contributed by atoms with Gasteiger partial charge in [-0.25, -0.2) is 9.41 Å². The van der Waals surface area contributed by atoms with E-state index in [0.29, 0.717) is 17.2 Å². The van der Waals surface area contributed by atoms with Crippen molar-refractivity contribution >= 4 is 27.6 Å². The highest BCUT2D eigenvalue weighted by atomic mass is 16.3. The second-order valence-corrected chi connectivity index (χ2v) is 7.15. The van der Waals surface area contributed by atoms with Crippen LogP contribution in [-0.4, -0.2) is 0 Å². The second kappa shape index (κ2) is 6.00. The summed E-state index contributed by atoms with van der Waals surface area (Å²) in [5.41, 5.74) is 6.76. The number of furan rings is 1. The number of pyridine rings is 1. The van der Waals surface area contributed by atoms with Crippen LogP contribution in [0.4, 0.5) is 5.69 Å². The minimum atomic E-state index is 0.369. The van der Waals surface area contributed by atoms with Crippen LogP contribution < -0.4 is 4.57 Å². The average Bonchev–Trinajstić information content (AvgIpc) is 2.98. The van der Waals surface area contributed by atoms with Gasteiger partial charge in [0.2, 0.25) is 11.4 Å². The van der Waals surface area contributed by atoms with Crippen LogP contribution in [0, 0.1) is 13.5 Å². The number of fused-ring (bicyclic) bond motifs is 3. The monoisotopic (exact) mass is 341 g/mol. The summed E-state index contributed by atoms with van der Waals surface area (Å²) >= 11 is 0. The summed E-state index contributed by atoms with van der Waals surface area (Å²) in [6, 6.07) is 14.6. The van der Waals surface area contributed by atoms with Crippen molar-refractivity contribution in [3.63, 3.8) is 0 Å². The fraction of sp³-hybridized carbons (Fsp3) is 0.217. The molecule has 4 aromatic rings. The maximum atomic E-state index is 7.55. The SMILES string of the molecule is [C-]#[N+]c1cc(C(C)C)cc2c1oc1cc(-c3cccc[n+]3C)c(C)cc12. The summed E-state index contributed by atoms with van der Waals surface area (Å²) in [6.07, 6.45) is 2.05. The quantitative estimate of drug-likeness (QED) is 0.321. The molecule has 0 saturated carbocycles. The van der Waals surface area contributed by atoms with Crippen LogP contribution in [0.2, 0.25) is 0 Å². The van der Waals surface area contributed by atoms with E-state index in [1.54, 1.807) is 0 Å². The van der Waals surface area contributed by atoms with Gasteiger partial charge in [-0.05, 0) is 48.7 Å². The van der Waals surface area contributed by atoms with Crippen molar-refractivity contribution in [3.8, 4) is 11.3 Å². The number of aromatic nitrogens is 1. The number of benzene rings is 2. The van der Waals surface area contributed by atoms with Crippen molar-refractivity contribution in [3.05, 3.63) is 71.2 Å². The van der Waals surface area contributed by atoms with Gasteiger partial charge in [0, 0.05) is 22.9 Å². The molecule has 0 aliphatic heterocycles. The lowest BCUT2D eigenvalue weighted by Crippen LogP contribution is -2.30. The van der Waals surface area contributed by atoms with E-state index in [4.69, 9.17) is 11.0 Å². The van der Waals surface area contributed by atoms with Crippen LogP contribution in [0.5, 0.6) is 0 Å². The Morgan fingerprint density at radius 1 is 1.08 bits per heavy atom. The first kappa shape index (κ1) is 16.4. The van der Waals surface area contributed by atoms with Gasteiger partial charge in [0.25, 0.3) is 0 Å². The Kier molecular flexibility index (Phi) is 3.77. The first-order valence-electron chi connectivity index (χ1n) is 8.83. The molecule has 0 fully saturated rings. The van der Waals surface area contributed by atoms with Crippen molar-refractivity contribution in [1.82, 2.24) is 0 Å². The Morgan fingerprint density at radius 3 is 2.58 bits per heavy atom. The molecule has 128 valence electrons. The Morgan fingerprint density at radius 2 is 1.88 bits per heavy atom. The predicted molar refractivity (Wildman–Crippen MR) is 105 cm³/mol. The van der Waals surface area contributed by atoms with Crippen LogP contribution in [0.1, 0.15) is 30.9 Å². The summed E-state index contributed by atoms with van der Waals surface area (Å²) in [4.78, 5) is 3.71. The number of nitrogens with zero attached hydrogens (tertiary/aromatic N) is 2. The predicted octanol–water partition coefficient (Wildman–Crippen LogP) is 6.06. The first-order chi connectivity index (χ1) is 12.5. The topological polar surface area (TPSA) is 21.4 Å². The summed E-state index contributed by atoms with van der Waals surface area (Å²) in [6.45, 7) is 14.0. The Hall–Kier alpha value is -3.12. The third-order valence-corrected chi connectivity index (χ3v) is 5.04. The van der Waals surface area contributed by atoms with Crippen molar-refractivity contribution in [2.45, 2.75) is 26.7 Å². The van der Waals surface area contributed by atoms with Gasteiger partial charge in [0.05, 0.1) is 12.1 Å². The average molecular weight is 341 g/mol. The third kappa shape index (κ3) is 2.46. The minimum absolute atomic E-state index is 0.369. The zero-order chi connectivity index (χ0) is 18.4. The summed E-state index contributed by atoms with van der Waals surface area (Å²) in [7, 11) is 2.05. The molecule has 2 heterocycles. The second-order valence-electron chi connectivity index (χ2n) is 7.15. The molecule has 0 aliphatic rings. The van der Waals surface area contributed by atoms with E-state index in [-0.39, 0.29) is 0 Å². The fourth-order valence-corrected chi connectivity index (χ4v) is 3.53. The van der Waals surface area contributed by atoms with Gasteiger partial charge in [-0.2, -0.15) is 0 Å². The molecular weight excluding hydrogens is 320 g/mol. The molecule has 0 N–H and O–H groups in total. The van der Waals surface area contributed by atoms with E-state index in [9.17, 15) is 0 Å². The van der Waals surface area contributed by atoms with Gasteiger partial charge in [0.15, 0.2) is 6.20 Å². The Labute approximate surface area is 153 Å². The van der Waals surface area contributed by atoms with Gasteiger partial charge in [-0.15, -0.1) is 0 Å². The molecule has 3 heteroatoms. The van der Waals surface area contributed by atoms with E-state index in [2.05, 4.69) is 54.4 Å². The smallest absolute Gasteiger partial charge is 0.229 e. The number of hydrogen-bond donors (Lipinski definition) is 0. The van der Waals surface area contributed by atoms with Crippen LogP contribution in [0.25, 0.3) is 38.0 Å². The molecule has 0 spiro atoms. The number of hydrogen-bond acceptors (Lipinski definition) is 1. The van der Waals surface area contributed by atoms with E-state index >= 15 is 0 Å². The fourth-order valence-electron chi connectivity index (χ4n) is 3.53. The van der Waals surface area contributed by atoms with Crippen LogP contribution >= 0.6 is 0 Å². The zero-order valence-corrected chi connectivity index (χ0v) is 15.5. The summed E-state index contributed by atoms with van der Waals surface area (Å²) in [5, 5.41) is 2.11. The lowest BCUT2D eigenvalue weighted by molar-refractivity contribution is -0.660. The molecule has 0 bridgehead atoms. The maximum Gasteiger partial charge on any atom is 0.229 e. The first-order valence-corrected chi connectivity index (χ1v) is 8.83. The molecule has 2 aromatic carbocycles. The highest BCUT2D eigenvalue weighted by molar-refractivity contribution is 6.10.